The van der Waals surface area contributed by atoms with E-state index in [1.165, 1.54) is 5.56 Å². The largest absolute Gasteiger partial charge is 0.345 e. The zero-order chi connectivity index (χ0) is 7.68. The summed E-state index contributed by atoms with van der Waals surface area (Å²) in [5, 5.41) is 0. The fourth-order valence-electron chi connectivity index (χ4n) is 1.31. The van der Waals surface area contributed by atoms with Gasteiger partial charge in [0.15, 0.2) is 0 Å². The molecule has 0 aliphatic heterocycles. The van der Waals surface area contributed by atoms with Crippen LogP contribution in [0.1, 0.15) is 12.5 Å². The summed E-state index contributed by atoms with van der Waals surface area (Å²) >= 11 is 0. The van der Waals surface area contributed by atoms with Gasteiger partial charge in [-0.05, 0) is 18.1 Å². The number of nitrogens with one attached hydrogen (secondary N) is 1. The molecule has 11 heavy (non-hydrogen) atoms. The summed E-state index contributed by atoms with van der Waals surface area (Å²) in [6, 6.07) is 6.21. The van der Waals surface area contributed by atoms with Crippen LogP contribution in [0.2, 0.25) is 0 Å². The van der Waals surface area contributed by atoms with Gasteiger partial charge in [-0.1, -0.05) is 19.1 Å². The first-order chi connectivity index (χ1) is 5.42. The average molecular weight is 146 g/mol. The van der Waals surface area contributed by atoms with Crippen molar-refractivity contribution in [3.8, 4) is 0 Å². The highest BCUT2D eigenvalue weighted by Crippen LogP contribution is 2.14. The second-order valence-corrected chi connectivity index (χ2v) is 2.57. The van der Waals surface area contributed by atoms with Crippen molar-refractivity contribution in [3.05, 3.63) is 30.1 Å². The lowest BCUT2D eigenvalue weighted by atomic mass is 10.1. The number of para-hydroxylation sites is 1. The quantitative estimate of drug-likeness (QED) is 0.656. The number of hydrogen-bond acceptors (Lipinski definition) is 1. The van der Waals surface area contributed by atoms with E-state index < -0.39 is 0 Å². The summed E-state index contributed by atoms with van der Waals surface area (Å²) in [4.78, 5) is 7.32. The second-order valence-electron chi connectivity index (χ2n) is 2.57. The summed E-state index contributed by atoms with van der Waals surface area (Å²) in [6.07, 6.45) is 2.78. The van der Waals surface area contributed by atoms with Gasteiger partial charge in [0, 0.05) is 0 Å². The van der Waals surface area contributed by atoms with Crippen LogP contribution in [0.25, 0.3) is 11.0 Å². The van der Waals surface area contributed by atoms with Crippen molar-refractivity contribution in [1.82, 2.24) is 9.97 Å². The topological polar surface area (TPSA) is 28.7 Å². The van der Waals surface area contributed by atoms with E-state index in [-0.39, 0.29) is 0 Å². The van der Waals surface area contributed by atoms with Crippen LogP contribution in [0.4, 0.5) is 0 Å². The molecule has 0 amide bonds. The van der Waals surface area contributed by atoms with E-state index in [1.54, 1.807) is 6.33 Å². The van der Waals surface area contributed by atoms with Crippen molar-refractivity contribution < 1.29 is 0 Å². The highest BCUT2D eigenvalue weighted by molar-refractivity contribution is 5.77. The Labute approximate surface area is 65.3 Å². The fourth-order valence-corrected chi connectivity index (χ4v) is 1.31. The van der Waals surface area contributed by atoms with Crippen molar-refractivity contribution in [2.75, 3.05) is 0 Å². The van der Waals surface area contributed by atoms with Gasteiger partial charge in [0.05, 0.1) is 17.4 Å². The molecule has 0 spiro atoms. The van der Waals surface area contributed by atoms with Crippen LogP contribution >= 0.6 is 0 Å². The number of rotatable bonds is 1. The molecule has 0 atom stereocenters. The first-order valence-electron chi connectivity index (χ1n) is 3.83. The van der Waals surface area contributed by atoms with Crippen LogP contribution in [0.15, 0.2) is 24.5 Å². The van der Waals surface area contributed by atoms with Crippen LogP contribution in [0.3, 0.4) is 0 Å². The predicted molar refractivity (Wildman–Crippen MR) is 45.5 cm³/mol. The SMILES string of the molecule is CCc1cccc2[nH]cnc12. The van der Waals surface area contributed by atoms with Crippen molar-refractivity contribution in [2.24, 2.45) is 0 Å². The maximum atomic E-state index is 4.23. The van der Waals surface area contributed by atoms with Crippen LogP contribution in [-0.4, -0.2) is 9.97 Å². The number of nitrogens with zero attached hydrogens (tertiary/aromatic N) is 1. The Hall–Kier alpha value is -1.31. The Morgan fingerprint density at radius 3 is 3.18 bits per heavy atom. The van der Waals surface area contributed by atoms with E-state index in [0.717, 1.165) is 17.5 Å². The molecule has 2 aromatic rings. The molecule has 1 aromatic carbocycles. The molecule has 2 rings (SSSR count). The summed E-state index contributed by atoms with van der Waals surface area (Å²) in [6.45, 7) is 2.14. The molecule has 0 radical (unpaired) electrons. The Kier molecular flexibility index (Phi) is 1.39. The zero-order valence-electron chi connectivity index (χ0n) is 6.46. The van der Waals surface area contributed by atoms with Gasteiger partial charge < -0.3 is 4.98 Å². The highest BCUT2D eigenvalue weighted by Gasteiger charge is 1.98. The first-order valence-corrected chi connectivity index (χ1v) is 3.83. The fraction of sp³-hybridized carbons (Fsp3) is 0.222. The summed E-state index contributed by atoms with van der Waals surface area (Å²) in [5.41, 5.74) is 3.54. The van der Waals surface area contributed by atoms with Crippen molar-refractivity contribution in [3.63, 3.8) is 0 Å². The molecule has 0 aliphatic carbocycles. The maximum absolute atomic E-state index is 4.23. The minimum atomic E-state index is 1.04. The maximum Gasteiger partial charge on any atom is 0.0931 e. The number of hydrogen-bond donors (Lipinski definition) is 1. The van der Waals surface area contributed by atoms with Gasteiger partial charge in [-0.15, -0.1) is 0 Å². The van der Waals surface area contributed by atoms with Gasteiger partial charge in [-0.25, -0.2) is 4.98 Å². The second kappa shape index (κ2) is 2.38. The van der Waals surface area contributed by atoms with Crippen LogP contribution in [0.5, 0.6) is 0 Å². The monoisotopic (exact) mass is 146 g/mol. The van der Waals surface area contributed by atoms with E-state index in [9.17, 15) is 0 Å². The van der Waals surface area contributed by atoms with Gasteiger partial charge >= 0.3 is 0 Å². The van der Waals surface area contributed by atoms with Crippen LogP contribution in [-0.2, 0) is 6.42 Å². The van der Waals surface area contributed by atoms with Crippen LogP contribution < -0.4 is 0 Å². The molecule has 1 heterocycles. The third-order valence-electron chi connectivity index (χ3n) is 1.91. The Bertz CT molecular complexity index is 362. The standard InChI is InChI=1S/C9H10N2/c1-2-7-4-3-5-8-9(7)11-6-10-8/h3-6H,2H2,1H3,(H,10,11). The third kappa shape index (κ3) is 0.909. The van der Waals surface area contributed by atoms with E-state index in [1.807, 2.05) is 6.07 Å². The van der Waals surface area contributed by atoms with E-state index >= 15 is 0 Å². The molecule has 0 saturated carbocycles. The Morgan fingerprint density at radius 1 is 1.45 bits per heavy atom. The van der Waals surface area contributed by atoms with Gasteiger partial charge in [0.25, 0.3) is 0 Å². The van der Waals surface area contributed by atoms with E-state index in [4.69, 9.17) is 0 Å². The van der Waals surface area contributed by atoms with Crippen molar-refractivity contribution >= 4 is 11.0 Å². The molecule has 0 fully saturated rings. The van der Waals surface area contributed by atoms with Crippen molar-refractivity contribution in [2.45, 2.75) is 13.3 Å². The van der Waals surface area contributed by atoms with E-state index in [0.29, 0.717) is 0 Å². The van der Waals surface area contributed by atoms with Gasteiger partial charge in [0.1, 0.15) is 0 Å². The molecule has 1 N–H and O–H groups in total. The zero-order valence-corrected chi connectivity index (χ0v) is 6.46. The lowest BCUT2D eigenvalue weighted by molar-refractivity contribution is 1.15. The van der Waals surface area contributed by atoms with Gasteiger partial charge in [-0.2, -0.15) is 0 Å². The molecule has 0 unspecified atom stereocenters. The van der Waals surface area contributed by atoms with Crippen molar-refractivity contribution in [1.29, 1.82) is 0 Å². The molecule has 1 aromatic heterocycles. The highest BCUT2D eigenvalue weighted by atomic mass is 14.9. The number of imidazole rings is 1. The number of aromatic nitrogens is 2. The predicted octanol–water partition coefficient (Wildman–Crippen LogP) is 2.13. The first kappa shape index (κ1) is 6.40. The molecule has 56 valence electrons. The van der Waals surface area contributed by atoms with Gasteiger partial charge in [-0.3, -0.25) is 0 Å². The number of H-pyrrole nitrogens is 1. The normalized spacial score (nSPS) is 10.6. The molecular weight excluding hydrogens is 136 g/mol. The number of fused-ring (bicyclic) bond motifs is 1. The number of aryl methyl sites for hydroxylation is 1. The Morgan fingerprint density at radius 2 is 2.36 bits per heavy atom. The Balaban J connectivity index is 2.79. The van der Waals surface area contributed by atoms with Gasteiger partial charge in [0.2, 0.25) is 0 Å². The summed E-state index contributed by atoms with van der Waals surface area (Å²) < 4.78 is 0. The molecule has 0 saturated heterocycles. The molecular formula is C9H10N2. The third-order valence-corrected chi connectivity index (χ3v) is 1.91. The lowest BCUT2D eigenvalue weighted by Gasteiger charge is -1.95. The average Bonchev–Trinajstić information content (AvgIpc) is 2.50. The molecule has 0 aliphatic rings. The smallest absolute Gasteiger partial charge is 0.0931 e. The lowest BCUT2D eigenvalue weighted by Crippen LogP contribution is -1.81. The van der Waals surface area contributed by atoms with E-state index in [2.05, 4.69) is 29.0 Å². The molecule has 2 heteroatoms. The van der Waals surface area contributed by atoms with Crippen LogP contribution in [0, 0.1) is 0 Å². The summed E-state index contributed by atoms with van der Waals surface area (Å²) in [7, 11) is 0. The minimum Gasteiger partial charge on any atom is -0.345 e. The number of benzene rings is 1. The minimum absolute atomic E-state index is 1.04. The molecule has 0 bridgehead atoms. The number of aromatic amines is 1. The summed E-state index contributed by atoms with van der Waals surface area (Å²) in [5.74, 6) is 0. The molecule has 2 nitrogen and oxygen atoms in total.